The quantitative estimate of drug-likeness (QED) is 0.897. The number of sulfonamides is 1. The zero-order chi connectivity index (χ0) is 15.5. The van der Waals surface area contributed by atoms with Crippen molar-refractivity contribution in [1.82, 2.24) is 4.90 Å². The van der Waals surface area contributed by atoms with E-state index >= 15 is 0 Å². The summed E-state index contributed by atoms with van der Waals surface area (Å²) in [6, 6.07) is 5.69. The highest BCUT2D eigenvalue weighted by Crippen LogP contribution is 2.17. The molecule has 1 aromatic carbocycles. The van der Waals surface area contributed by atoms with Crippen LogP contribution in [0.5, 0.6) is 0 Å². The van der Waals surface area contributed by atoms with Gasteiger partial charge in [-0.25, -0.2) is 13.6 Å². The molecule has 0 aliphatic carbocycles. The molecule has 1 unspecified atom stereocenters. The predicted octanol–water partition coefficient (Wildman–Crippen LogP) is 0.975. The van der Waals surface area contributed by atoms with Crippen LogP contribution in [0, 0.1) is 0 Å². The average molecular weight is 312 g/mol. The van der Waals surface area contributed by atoms with Crippen molar-refractivity contribution >= 4 is 15.9 Å². The Labute approximate surface area is 124 Å². The maximum atomic E-state index is 12.4. The normalized spacial score (nSPS) is 19.5. The van der Waals surface area contributed by atoms with E-state index in [0.29, 0.717) is 25.3 Å². The summed E-state index contributed by atoms with van der Waals surface area (Å²) in [5, 5.41) is 5.04. The molecule has 0 spiro atoms. The number of hydrogen-bond donors (Lipinski definition) is 1. The van der Waals surface area contributed by atoms with Crippen LogP contribution in [0.3, 0.4) is 0 Å². The molecule has 6 nitrogen and oxygen atoms in total. The Morgan fingerprint density at radius 1 is 1.38 bits per heavy atom. The Hall–Kier alpha value is -1.44. The molecule has 1 atom stereocenters. The third kappa shape index (κ3) is 4.03. The molecular formula is C14H20N2O4S. The van der Waals surface area contributed by atoms with Gasteiger partial charge in [0.2, 0.25) is 10.0 Å². The van der Waals surface area contributed by atoms with Gasteiger partial charge in [-0.1, -0.05) is 0 Å². The van der Waals surface area contributed by atoms with Crippen LogP contribution in [0.25, 0.3) is 0 Å². The molecule has 21 heavy (non-hydrogen) atoms. The van der Waals surface area contributed by atoms with Gasteiger partial charge in [-0.05, 0) is 44.0 Å². The first-order chi connectivity index (χ1) is 9.91. The van der Waals surface area contributed by atoms with E-state index < -0.39 is 10.0 Å². The second kappa shape index (κ2) is 6.55. The van der Waals surface area contributed by atoms with Gasteiger partial charge in [-0.3, -0.25) is 4.79 Å². The largest absolute Gasteiger partial charge is 0.377 e. The lowest BCUT2D eigenvalue weighted by Crippen LogP contribution is -2.43. The van der Waals surface area contributed by atoms with Gasteiger partial charge in [0.05, 0.1) is 11.0 Å². The minimum absolute atomic E-state index is 0.00453. The molecule has 1 aliphatic heterocycles. The van der Waals surface area contributed by atoms with Crippen LogP contribution in [0.15, 0.2) is 29.2 Å². The third-order valence-electron chi connectivity index (χ3n) is 3.50. The Morgan fingerprint density at radius 3 is 2.62 bits per heavy atom. The van der Waals surface area contributed by atoms with Crippen molar-refractivity contribution in [3.05, 3.63) is 29.8 Å². The molecule has 1 heterocycles. The number of nitrogens with zero attached hydrogens (tertiary/aromatic N) is 1. The molecule has 1 saturated heterocycles. The summed E-state index contributed by atoms with van der Waals surface area (Å²) in [5.41, 5.74) is 0.458. The number of carbonyl (C=O) groups is 1. The molecular weight excluding hydrogens is 292 g/mol. The van der Waals surface area contributed by atoms with Gasteiger partial charge in [-0.15, -0.1) is 0 Å². The lowest BCUT2D eigenvalue weighted by Gasteiger charge is -2.32. The maximum absolute atomic E-state index is 12.4. The van der Waals surface area contributed by atoms with Gasteiger partial charge >= 0.3 is 0 Å². The van der Waals surface area contributed by atoms with E-state index in [2.05, 4.69) is 0 Å². The number of amides is 1. The number of piperidine rings is 1. The minimum atomic E-state index is -3.73. The summed E-state index contributed by atoms with van der Waals surface area (Å²) >= 11 is 0. The van der Waals surface area contributed by atoms with Crippen molar-refractivity contribution in [3.63, 3.8) is 0 Å². The zero-order valence-corrected chi connectivity index (χ0v) is 12.8. The molecule has 1 aliphatic rings. The number of benzene rings is 1. The smallest absolute Gasteiger partial charge is 0.253 e. The average Bonchev–Trinajstić information content (AvgIpc) is 2.46. The molecule has 116 valence electrons. The molecule has 1 aromatic rings. The summed E-state index contributed by atoms with van der Waals surface area (Å²) in [5.74, 6) is -0.111. The molecule has 1 amide bonds. The van der Waals surface area contributed by atoms with Crippen LogP contribution in [-0.4, -0.2) is 45.0 Å². The number of primary sulfonamides is 1. The molecule has 0 bridgehead atoms. The maximum Gasteiger partial charge on any atom is 0.253 e. The van der Waals surface area contributed by atoms with Gasteiger partial charge in [0.25, 0.3) is 5.91 Å². The fourth-order valence-electron chi connectivity index (χ4n) is 2.46. The van der Waals surface area contributed by atoms with Gasteiger partial charge in [0.1, 0.15) is 0 Å². The van der Waals surface area contributed by atoms with E-state index in [0.717, 1.165) is 12.8 Å². The SMILES string of the molecule is CCOC1CCCN(C(=O)c2ccc(S(N)(=O)=O)cc2)C1. The van der Waals surface area contributed by atoms with Crippen LogP contribution < -0.4 is 5.14 Å². The van der Waals surface area contributed by atoms with Gasteiger partial charge in [0.15, 0.2) is 0 Å². The number of carbonyl (C=O) groups excluding carboxylic acids is 1. The molecule has 0 saturated carbocycles. The van der Waals surface area contributed by atoms with Crippen molar-refractivity contribution in [1.29, 1.82) is 0 Å². The summed E-state index contributed by atoms with van der Waals surface area (Å²) in [6.45, 7) is 3.84. The van der Waals surface area contributed by atoms with E-state index in [4.69, 9.17) is 9.88 Å². The summed E-state index contributed by atoms with van der Waals surface area (Å²) < 4.78 is 28.0. The second-order valence-corrected chi connectivity index (χ2v) is 6.60. The van der Waals surface area contributed by atoms with Crippen LogP contribution in [0.4, 0.5) is 0 Å². The Morgan fingerprint density at radius 2 is 2.05 bits per heavy atom. The van der Waals surface area contributed by atoms with Crippen molar-refractivity contribution in [2.75, 3.05) is 19.7 Å². The van der Waals surface area contributed by atoms with Crippen molar-refractivity contribution in [3.8, 4) is 0 Å². The van der Waals surface area contributed by atoms with Crippen LogP contribution in [0.1, 0.15) is 30.1 Å². The second-order valence-electron chi connectivity index (χ2n) is 5.04. The number of ether oxygens (including phenoxy) is 1. The van der Waals surface area contributed by atoms with Crippen molar-refractivity contribution in [2.45, 2.75) is 30.8 Å². The minimum Gasteiger partial charge on any atom is -0.377 e. The molecule has 2 N–H and O–H groups in total. The summed E-state index contributed by atoms with van der Waals surface area (Å²) in [4.78, 5) is 14.2. The third-order valence-corrected chi connectivity index (χ3v) is 4.43. The first-order valence-electron chi connectivity index (χ1n) is 6.95. The van der Waals surface area contributed by atoms with E-state index in [1.165, 1.54) is 24.3 Å². The van der Waals surface area contributed by atoms with Gasteiger partial charge < -0.3 is 9.64 Å². The summed E-state index contributed by atoms with van der Waals surface area (Å²) in [6.07, 6.45) is 1.95. The molecule has 0 aromatic heterocycles. The fourth-order valence-corrected chi connectivity index (χ4v) is 2.98. The number of rotatable bonds is 4. The fraction of sp³-hybridized carbons (Fsp3) is 0.500. The molecule has 7 heteroatoms. The number of hydrogen-bond acceptors (Lipinski definition) is 4. The van der Waals surface area contributed by atoms with Crippen LogP contribution in [0.2, 0.25) is 0 Å². The van der Waals surface area contributed by atoms with Crippen LogP contribution >= 0.6 is 0 Å². The van der Waals surface area contributed by atoms with E-state index in [-0.39, 0.29) is 16.9 Å². The Bertz CT molecular complexity index is 596. The topological polar surface area (TPSA) is 89.7 Å². The first-order valence-corrected chi connectivity index (χ1v) is 8.50. The Kier molecular flexibility index (Phi) is 4.97. The van der Waals surface area contributed by atoms with Gasteiger partial charge in [0, 0.05) is 25.3 Å². The monoisotopic (exact) mass is 312 g/mol. The lowest BCUT2D eigenvalue weighted by atomic mass is 10.1. The van der Waals surface area contributed by atoms with Crippen LogP contribution in [-0.2, 0) is 14.8 Å². The van der Waals surface area contributed by atoms with E-state index in [9.17, 15) is 13.2 Å². The number of nitrogens with two attached hydrogens (primary N) is 1. The lowest BCUT2D eigenvalue weighted by molar-refractivity contribution is 0.00724. The highest BCUT2D eigenvalue weighted by molar-refractivity contribution is 7.89. The summed E-state index contributed by atoms with van der Waals surface area (Å²) in [7, 11) is -3.73. The predicted molar refractivity (Wildman–Crippen MR) is 78.4 cm³/mol. The zero-order valence-electron chi connectivity index (χ0n) is 12.0. The molecule has 2 rings (SSSR count). The highest BCUT2D eigenvalue weighted by atomic mass is 32.2. The van der Waals surface area contributed by atoms with Crippen molar-refractivity contribution in [2.24, 2.45) is 5.14 Å². The highest BCUT2D eigenvalue weighted by Gasteiger charge is 2.24. The molecule has 0 radical (unpaired) electrons. The van der Waals surface area contributed by atoms with E-state index in [1.54, 1.807) is 4.90 Å². The molecule has 1 fully saturated rings. The van der Waals surface area contributed by atoms with E-state index in [1.807, 2.05) is 6.92 Å². The van der Waals surface area contributed by atoms with Gasteiger partial charge in [-0.2, -0.15) is 0 Å². The standard InChI is InChI=1S/C14H20N2O4S/c1-2-20-12-4-3-9-16(10-12)14(17)11-5-7-13(8-6-11)21(15,18)19/h5-8,12H,2-4,9-10H2,1H3,(H2,15,18,19). The first kappa shape index (κ1) is 15.9. The number of likely N-dealkylation sites (tertiary alicyclic amines) is 1. The van der Waals surface area contributed by atoms with Crippen molar-refractivity contribution < 1.29 is 17.9 Å². The Balaban J connectivity index is 2.09.